The molecule has 2 aliphatic rings. The molecule has 0 N–H and O–H groups in total. The number of carbonyl (C=O) groups is 1. The summed E-state index contributed by atoms with van der Waals surface area (Å²) in [4.78, 5) is 16.3. The van der Waals surface area contributed by atoms with Crippen LogP contribution in [0.1, 0.15) is 39.5 Å². The quantitative estimate of drug-likeness (QED) is 0.733. The van der Waals surface area contributed by atoms with E-state index in [1.165, 1.54) is 12.8 Å². The van der Waals surface area contributed by atoms with E-state index in [2.05, 4.69) is 11.1 Å². The van der Waals surface area contributed by atoms with Crippen LogP contribution in [-0.2, 0) is 9.53 Å². The Morgan fingerprint density at radius 2 is 2.21 bits per heavy atom. The van der Waals surface area contributed by atoms with Crippen molar-refractivity contribution in [1.29, 1.82) is 5.26 Å². The lowest BCUT2D eigenvalue weighted by molar-refractivity contribution is -0.139. The SMILES string of the molecule is CCOC(=O)C1=CN=C(C)C(C#N)[C@H]1C1CCCC1. The highest BCUT2D eigenvalue weighted by Gasteiger charge is 2.40. The van der Waals surface area contributed by atoms with Gasteiger partial charge in [0, 0.05) is 17.8 Å². The fraction of sp³-hybridized carbons (Fsp3) is 0.667. The molecule has 0 aromatic rings. The Bertz CT molecular complexity index is 453. The van der Waals surface area contributed by atoms with Gasteiger partial charge in [-0.3, -0.25) is 4.99 Å². The number of aliphatic imine (C=N–C) groups is 1. The lowest BCUT2D eigenvalue weighted by Crippen LogP contribution is -2.33. The molecule has 0 aromatic heterocycles. The second kappa shape index (κ2) is 6.01. The summed E-state index contributed by atoms with van der Waals surface area (Å²) >= 11 is 0. The minimum atomic E-state index is -0.309. The summed E-state index contributed by atoms with van der Waals surface area (Å²) in [5, 5.41) is 9.41. The van der Waals surface area contributed by atoms with Crippen molar-refractivity contribution < 1.29 is 9.53 Å². The standard InChI is InChI=1S/C15H20N2O2/c1-3-19-15(18)13-9-17-10(2)12(8-16)14(13)11-6-4-5-7-11/h9,11-12,14H,3-7H2,1-2H3/t12?,14-/m1/s1. The minimum Gasteiger partial charge on any atom is -0.463 e. The normalized spacial score (nSPS) is 27.4. The van der Waals surface area contributed by atoms with Gasteiger partial charge >= 0.3 is 5.97 Å². The van der Waals surface area contributed by atoms with Crippen molar-refractivity contribution in [2.75, 3.05) is 6.61 Å². The molecule has 0 aromatic carbocycles. The Kier molecular flexibility index (Phi) is 4.36. The fourth-order valence-electron chi connectivity index (χ4n) is 3.20. The first-order valence-electron chi connectivity index (χ1n) is 7.00. The molecule has 0 spiro atoms. The van der Waals surface area contributed by atoms with Crippen LogP contribution in [0.3, 0.4) is 0 Å². The molecule has 1 aliphatic carbocycles. The summed E-state index contributed by atoms with van der Waals surface area (Å²) in [5.41, 5.74) is 1.40. The van der Waals surface area contributed by atoms with Crippen LogP contribution in [0, 0.1) is 29.1 Å². The highest BCUT2D eigenvalue weighted by atomic mass is 16.5. The van der Waals surface area contributed by atoms with E-state index < -0.39 is 0 Å². The molecule has 0 amide bonds. The fourth-order valence-corrected chi connectivity index (χ4v) is 3.20. The highest BCUT2D eigenvalue weighted by molar-refractivity contribution is 5.95. The maximum Gasteiger partial charge on any atom is 0.335 e. The Morgan fingerprint density at radius 1 is 1.53 bits per heavy atom. The Hall–Kier alpha value is -1.63. The van der Waals surface area contributed by atoms with E-state index >= 15 is 0 Å². The molecule has 1 unspecified atom stereocenters. The van der Waals surface area contributed by atoms with Crippen LogP contribution in [0.2, 0.25) is 0 Å². The lowest BCUT2D eigenvalue weighted by Gasteiger charge is -2.31. The first-order valence-corrected chi connectivity index (χ1v) is 7.00. The molecule has 1 heterocycles. The molecule has 0 bridgehead atoms. The largest absolute Gasteiger partial charge is 0.463 e. The molecule has 1 fully saturated rings. The number of carbonyl (C=O) groups excluding carboxylic acids is 1. The van der Waals surface area contributed by atoms with Gasteiger partial charge < -0.3 is 4.74 Å². The number of hydrogen-bond acceptors (Lipinski definition) is 4. The van der Waals surface area contributed by atoms with Crippen molar-refractivity contribution in [3.8, 4) is 6.07 Å². The van der Waals surface area contributed by atoms with E-state index in [0.29, 0.717) is 18.1 Å². The van der Waals surface area contributed by atoms with Crippen molar-refractivity contribution in [3.05, 3.63) is 11.8 Å². The predicted molar refractivity (Wildman–Crippen MR) is 72.4 cm³/mol. The molecular formula is C15H20N2O2. The van der Waals surface area contributed by atoms with Crippen molar-refractivity contribution in [1.82, 2.24) is 0 Å². The zero-order valence-corrected chi connectivity index (χ0v) is 11.6. The summed E-state index contributed by atoms with van der Waals surface area (Å²) < 4.78 is 5.11. The first kappa shape index (κ1) is 13.8. The van der Waals surface area contributed by atoms with Gasteiger partial charge in [0.15, 0.2) is 0 Å². The molecular weight excluding hydrogens is 240 g/mol. The van der Waals surface area contributed by atoms with E-state index in [1.807, 2.05) is 6.92 Å². The van der Waals surface area contributed by atoms with Crippen LogP contribution in [0.5, 0.6) is 0 Å². The molecule has 2 atom stereocenters. The van der Waals surface area contributed by atoms with Crippen LogP contribution in [-0.4, -0.2) is 18.3 Å². The Balaban J connectivity index is 2.31. The smallest absolute Gasteiger partial charge is 0.335 e. The van der Waals surface area contributed by atoms with Gasteiger partial charge in [0.05, 0.1) is 24.2 Å². The molecule has 0 saturated heterocycles. The van der Waals surface area contributed by atoms with Gasteiger partial charge in [0.1, 0.15) is 0 Å². The average molecular weight is 260 g/mol. The van der Waals surface area contributed by atoms with E-state index in [0.717, 1.165) is 18.6 Å². The third-order valence-corrected chi connectivity index (χ3v) is 4.13. The van der Waals surface area contributed by atoms with Gasteiger partial charge in [0.25, 0.3) is 0 Å². The molecule has 1 aliphatic heterocycles. The summed E-state index contributed by atoms with van der Waals surface area (Å²) in [6.07, 6.45) is 6.17. The number of esters is 1. The van der Waals surface area contributed by atoms with Crippen LogP contribution in [0.15, 0.2) is 16.8 Å². The van der Waals surface area contributed by atoms with Crippen molar-refractivity contribution in [3.63, 3.8) is 0 Å². The number of nitriles is 1. The van der Waals surface area contributed by atoms with Crippen LogP contribution < -0.4 is 0 Å². The average Bonchev–Trinajstić information content (AvgIpc) is 2.92. The van der Waals surface area contributed by atoms with Crippen LogP contribution in [0.4, 0.5) is 0 Å². The summed E-state index contributed by atoms with van der Waals surface area (Å²) in [6.45, 7) is 4.02. The van der Waals surface area contributed by atoms with E-state index in [-0.39, 0.29) is 17.8 Å². The molecule has 1 saturated carbocycles. The van der Waals surface area contributed by atoms with Crippen molar-refractivity contribution in [2.45, 2.75) is 39.5 Å². The zero-order chi connectivity index (χ0) is 13.8. The molecule has 0 radical (unpaired) electrons. The van der Waals surface area contributed by atoms with Gasteiger partial charge in [0.2, 0.25) is 0 Å². The van der Waals surface area contributed by atoms with E-state index in [4.69, 9.17) is 4.74 Å². The number of hydrogen-bond donors (Lipinski definition) is 0. The van der Waals surface area contributed by atoms with Gasteiger partial charge in [-0.25, -0.2) is 4.79 Å². The van der Waals surface area contributed by atoms with E-state index in [9.17, 15) is 10.1 Å². The zero-order valence-electron chi connectivity index (χ0n) is 11.6. The molecule has 19 heavy (non-hydrogen) atoms. The number of ether oxygens (including phenoxy) is 1. The topological polar surface area (TPSA) is 62.4 Å². The lowest BCUT2D eigenvalue weighted by atomic mass is 9.73. The first-order chi connectivity index (χ1) is 9.19. The third-order valence-electron chi connectivity index (χ3n) is 4.13. The Morgan fingerprint density at radius 3 is 2.79 bits per heavy atom. The second-order valence-electron chi connectivity index (χ2n) is 5.25. The van der Waals surface area contributed by atoms with Gasteiger partial charge in [-0.15, -0.1) is 0 Å². The van der Waals surface area contributed by atoms with Gasteiger partial charge in [-0.1, -0.05) is 12.8 Å². The number of nitrogens with zero attached hydrogens (tertiary/aromatic N) is 2. The third kappa shape index (κ3) is 2.70. The second-order valence-corrected chi connectivity index (χ2v) is 5.25. The molecule has 102 valence electrons. The molecule has 4 heteroatoms. The summed E-state index contributed by atoms with van der Waals surface area (Å²) in [7, 11) is 0. The highest BCUT2D eigenvalue weighted by Crippen LogP contribution is 2.41. The van der Waals surface area contributed by atoms with Crippen molar-refractivity contribution >= 4 is 11.7 Å². The van der Waals surface area contributed by atoms with E-state index in [1.54, 1.807) is 13.1 Å². The number of rotatable bonds is 3. The predicted octanol–water partition coefficient (Wildman–Crippen LogP) is 2.85. The summed E-state index contributed by atoms with van der Waals surface area (Å²) in [6, 6.07) is 2.33. The Labute approximate surface area is 114 Å². The minimum absolute atomic E-state index is 0.0379. The summed E-state index contributed by atoms with van der Waals surface area (Å²) in [5.74, 6) is -0.224. The maximum absolute atomic E-state index is 12.1. The monoisotopic (exact) mass is 260 g/mol. The van der Waals surface area contributed by atoms with Crippen molar-refractivity contribution in [2.24, 2.45) is 22.7 Å². The maximum atomic E-state index is 12.1. The molecule has 2 rings (SSSR count). The van der Waals surface area contributed by atoms with Crippen LogP contribution in [0.25, 0.3) is 0 Å². The van der Waals surface area contributed by atoms with Gasteiger partial charge in [-0.05, 0) is 32.6 Å². The molecule has 4 nitrogen and oxygen atoms in total. The van der Waals surface area contributed by atoms with Crippen LogP contribution >= 0.6 is 0 Å². The van der Waals surface area contributed by atoms with Gasteiger partial charge in [-0.2, -0.15) is 5.26 Å².